The molecular formula is C16H24N2O2. The number of rotatable bonds is 6. The number of carbonyl (C=O) groups excluding carboxylic acids is 1. The molecule has 0 bridgehead atoms. The molecule has 4 heteroatoms. The standard InChI is InChI=1S/C16H24N2O2/c1-12(2)11-20-10-9-18-16(19)14-7-3-5-13-6-4-8-17-15(13)14/h3,5,7,12,17H,4,6,8-11H2,1-2H3,(H,18,19). The zero-order valence-electron chi connectivity index (χ0n) is 12.4. The minimum absolute atomic E-state index is 0.0237. The van der Waals surface area contributed by atoms with Crippen molar-refractivity contribution in [3.63, 3.8) is 0 Å². The predicted molar refractivity (Wildman–Crippen MR) is 81.2 cm³/mol. The fourth-order valence-corrected chi connectivity index (χ4v) is 2.35. The maximum atomic E-state index is 12.2. The third-order valence-corrected chi connectivity index (χ3v) is 3.30. The van der Waals surface area contributed by atoms with Gasteiger partial charge < -0.3 is 15.4 Å². The molecule has 0 atom stereocenters. The predicted octanol–water partition coefficient (Wildman–Crippen LogP) is 2.45. The molecule has 1 aliphatic heterocycles. The summed E-state index contributed by atoms with van der Waals surface area (Å²) >= 11 is 0. The lowest BCUT2D eigenvalue weighted by molar-refractivity contribution is 0.0887. The van der Waals surface area contributed by atoms with Gasteiger partial charge in [-0.3, -0.25) is 4.79 Å². The average Bonchev–Trinajstić information content (AvgIpc) is 2.45. The minimum Gasteiger partial charge on any atom is -0.384 e. The van der Waals surface area contributed by atoms with Crippen molar-refractivity contribution in [2.45, 2.75) is 26.7 Å². The highest BCUT2D eigenvalue weighted by molar-refractivity contribution is 6.00. The van der Waals surface area contributed by atoms with Gasteiger partial charge in [-0.2, -0.15) is 0 Å². The summed E-state index contributed by atoms with van der Waals surface area (Å²) in [6.07, 6.45) is 2.17. The second kappa shape index (κ2) is 7.29. The molecule has 1 aromatic rings. The first-order valence-corrected chi connectivity index (χ1v) is 7.40. The molecule has 2 N–H and O–H groups in total. The van der Waals surface area contributed by atoms with Crippen molar-refractivity contribution >= 4 is 11.6 Å². The second-order valence-corrected chi connectivity index (χ2v) is 5.59. The summed E-state index contributed by atoms with van der Waals surface area (Å²) in [6.45, 7) is 7.01. The van der Waals surface area contributed by atoms with E-state index in [4.69, 9.17) is 4.74 Å². The fraction of sp³-hybridized carbons (Fsp3) is 0.562. The van der Waals surface area contributed by atoms with Crippen molar-refractivity contribution in [3.05, 3.63) is 29.3 Å². The molecule has 2 rings (SSSR count). The third-order valence-electron chi connectivity index (χ3n) is 3.30. The largest absolute Gasteiger partial charge is 0.384 e. The van der Waals surface area contributed by atoms with Crippen LogP contribution in [-0.4, -0.2) is 32.2 Å². The van der Waals surface area contributed by atoms with E-state index in [1.807, 2.05) is 12.1 Å². The van der Waals surface area contributed by atoms with E-state index in [-0.39, 0.29) is 5.91 Å². The highest BCUT2D eigenvalue weighted by Gasteiger charge is 2.16. The number of anilines is 1. The molecule has 4 nitrogen and oxygen atoms in total. The van der Waals surface area contributed by atoms with E-state index in [9.17, 15) is 4.79 Å². The number of benzene rings is 1. The lowest BCUT2D eigenvalue weighted by Crippen LogP contribution is -2.29. The summed E-state index contributed by atoms with van der Waals surface area (Å²) in [5.74, 6) is 0.500. The van der Waals surface area contributed by atoms with Crippen LogP contribution in [0.15, 0.2) is 18.2 Å². The molecule has 20 heavy (non-hydrogen) atoms. The van der Waals surface area contributed by atoms with Gasteiger partial charge >= 0.3 is 0 Å². The lowest BCUT2D eigenvalue weighted by atomic mass is 9.99. The first kappa shape index (κ1) is 14.9. The molecule has 0 spiro atoms. The number of amides is 1. The number of hydrogen-bond donors (Lipinski definition) is 2. The monoisotopic (exact) mass is 276 g/mol. The van der Waals surface area contributed by atoms with Gasteiger partial charge in [-0.05, 0) is 30.4 Å². The van der Waals surface area contributed by atoms with Crippen LogP contribution in [0.25, 0.3) is 0 Å². The molecule has 0 radical (unpaired) electrons. The second-order valence-electron chi connectivity index (χ2n) is 5.59. The number of ether oxygens (including phenoxy) is 1. The van der Waals surface area contributed by atoms with Gasteiger partial charge in [-0.25, -0.2) is 0 Å². The smallest absolute Gasteiger partial charge is 0.253 e. The van der Waals surface area contributed by atoms with E-state index in [0.29, 0.717) is 19.1 Å². The van der Waals surface area contributed by atoms with Crippen LogP contribution >= 0.6 is 0 Å². The van der Waals surface area contributed by atoms with Crippen molar-refractivity contribution in [1.29, 1.82) is 0 Å². The van der Waals surface area contributed by atoms with Gasteiger partial charge in [0.15, 0.2) is 0 Å². The van der Waals surface area contributed by atoms with E-state index >= 15 is 0 Å². The van der Waals surface area contributed by atoms with Crippen molar-refractivity contribution in [2.75, 3.05) is 31.6 Å². The number of aryl methyl sites for hydroxylation is 1. The molecule has 0 fully saturated rings. The van der Waals surface area contributed by atoms with E-state index in [0.717, 1.165) is 37.2 Å². The zero-order valence-corrected chi connectivity index (χ0v) is 12.4. The van der Waals surface area contributed by atoms with Crippen molar-refractivity contribution in [1.82, 2.24) is 5.32 Å². The van der Waals surface area contributed by atoms with E-state index < -0.39 is 0 Å². The van der Waals surface area contributed by atoms with Gasteiger partial charge in [0.2, 0.25) is 0 Å². The normalized spacial score (nSPS) is 13.8. The van der Waals surface area contributed by atoms with Crippen molar-refractivity contribution < 1.29 is 9.53 Å². The summed E-state index contributed by atoms with van der Waals surface area (Å²) in [6, 6.07) is 5.92. The molecule has 0 saturated carbocycles. The Hall–Kier alpha value is -1.55. The highest BCUT2D eigenvalue weighted by Crippen LogP contribution is 2.25. The van der Waals surface area contributed by atoms with Gasteiger partial charge in [0, 0.05) is 19.7 Å². The molecule has 0 saturated heterocycles. The summed E-state index contributed by atoms with van der Waals surface area (Å²) in [7, 11) is 0. The minimum atomic E-state index is -0.0237. The molecule has 1 amide bonds. The van der Waals surface area contributed by atoms with E-state index in [2.05, 4.69) is 30.5 Å². The van der Waals surface area contributed by atoms with Gasteiger partial charge in [0.25, 0.3) is 5.91 Å². The Morgan fingerprint density at radius 3 is 3.10 bits per heavy atom. The van der Waals surface area contributed by atoms with Crippen LogP contribution in [0.1, 0.15) is 36.2 Å². The van der Waals surface area contributed by atoms with Crippen LogP contribution in [0.2, 0.25) is 0 Å². The first-order chi connectivity index (χ1) is 9.68. The quantitative estimate of drug-likeness (QED) is 0.785. The highest BCUT2D eigenvalue weighted by atomic mass is 16.5. The third kappa shape index (κ3) is 3.97. The first-order valence-electron chi connectivity index (χ1n) is 7.40. The van der Waals surface area contributed by atoms with Crippen LogP contribution in [0.5, 0.6) is 0 Å². The van der Waals surface area contributed by atoms with E-state index in [1.165, 1.54) is 5.56 Å². The molecule has 0 aliphatic carbocycles. The van der Waals surface area contributed by atoms with Gasteiger partial charge in [-0.15, -0.1) is 0 Å². The lowest BCUT2D eigenvalue weighted by Gasteiger charge is -2.20. The van der Waals surface area contributed by atoms with Gasteiger partial charge in [-0.1, -0.05) is 26.0 Å². The average molecular weight is 276 g/mol. The fourth-order valence-electron chi connectivity index (χ4n) is 2.35. The molecular weight excluding hydrogens is 252 g/mol. The Kier molecular flexibility index (Phi) is 5.41. The molecule has 1 aromatic carbocycles. The van der Waals surface area contributed by atoms with Crippen LogP contribution in [0.3, 0.4) is 0 Å². The molecule has 0 aromatic heterocycles. The molecule has 1 aliphatic rings. The SMILES string of the molecule is CC(C)COCCNC(=O)c1cccc2c1NCCC2. The number of carbonyl (C=O) groups is 1. The molecule has 1 heterocycles. The number of fused-ring (bicyclic) bond motifs is 1. The van der Waals surface area contributed by atoms with Gasteiger partial charge in [0.1, 0.15) is 0 Å². The van der Waals surface area contributed by atoms with Crippen LogP contribution < -0.4 is 10.6 Å². The Balaban J connectivity index is 1.86. The van der Waals surface area contributed by atoms with Crippen LogP contribution in [-0.2, 0) is 11.2 Å². The Morgan fingerprint density at radius 1 is 1.45 bits per heavy atom. The molecule has 110 valence electrons. The summed E-state index contributed by atoms with van der Waals surface area (Å²) in [5, 5.41) is 6.26. The summed E-state index contributed by atoms with van der Waals surface area (Å²) < 4.78 is 5.46. The Labute approximate surface area is 120 Å². The topological polar surface area (TPSA) is 50.4 Å². The van der Waals surface area contributed by atoms with Crippen molar-refractivity contribution in [3.8, 4) is 0 Å². The maximum absolute atomic E-state index is 12.2. The van der Waals surface area contributed by atoms with Crippen molar-refractivity contribution in [2.24, 2.45) is 5.92 Å². The Morgan fingerprint density at radius 2 is 2.30 bits per heavy atom. The number of nitrogens with one attached hydrogen (secondary N) is 2. The zero-order chi connectivity index (χ0) is 14.4. The number of hydrogen-bond acceptors (Lipinski definition) is 3. The summed E-state index contributed by atoms with van der Waals surface area (Å²) in [5.41, 5.74) is 2.98. The maximum Gasteiger partial charge on any atom is 0.253 e. The number of para-hydroxylation sites is 1. The molecule has 0 unspecified atom stereocenters. The van der Waals surface area contributed by atoms with E-state index in [1.54, 1.807) is 0 Å². The van der Waals surface area contributed by atoms with Gasteiger partial charge in [0.05, 0.1) is 17.9 Å². The Bertz CT molecular complexity index is 458. The summed E-state index contributed by atoms with van der Waals surface area (Å²) in [4.78, 5) is 12.2. The van der Waals surface area contributed by atoms with Crippen LogP contribution in [0.4, 0.5) is 5.69 Å². The van der Waals surface area contributed by atoms with Crippen LogP contribution in [0, 0.1) is 5.92 Å².